The standard InChI is InChI=1S/C8H16O3/c1-8(2,7(10)11)5-3-4-6-9/h9H,3-6H2,1-2H3,(H,10,11). The highest BCUT2D eigenvalue weighted by Gasteiger charge is 2.25. The summed E-state index contributed by atoms with van der Waals surface area (Å²) in [6.45, 7) is 3.55. The summed E-state index contributed by atoms with van der Waals surface area (Å²) in [5, 5.41) is 17.1. The summed E-state index contributed by atoms with van der Waals surface area (Å²) >= 11 is 0. The Kier molecular flexibility index (Phi) is 4.11. The zero-order valence-corrected chi connectivity index (χ0v) is 7.13. The van der Waals surface area contributed by atoms with Crippen LogP contribution in [0.4, 0.5) is 0 Å². The Morgan fingerprint density at radius 1 is 1.36 bits per heavy atom. The monoisotopic (exact) mass is 160 g/mol. The number of unbranched alkanes of at least 4 members (excludes halogenated alkanes) is 1. The van der Waals surface area contributed by atoms with Gasteiger partial charge < -0.3 is 10.2 Å². The van der Waals surface area contributed by atoms with Crippen LogP contribution in [0.15, 0.2) is 0 Å². The smallest absolute Gasteiger partial charge is 0.309 e. The molecule has 0 saturated carbocycles. The maximum absolute atomic E-state index is 10.6. The lowest BCUT2D eigenvalue weighted by Crippen LogP contribution is -2.23. The van der Waals surface area contributed by atoms with E-state index in [1.807, 2.05) is 0 Å². The average Bonchev–Trinajstić information content (AvgIpc) is 1.88. The number of hydrogen-bond donors (Lipinski definition) is 2. The molecular formula is C8H16O3. The average molecular weight is 160 g/mol. The van der Waals surface area contributed by atoms with Gasteiger partial charge in [-0.05, 0) is 26.7 Å². The zero-order valence-electron chi connectivity index (χ0n) is 7.13. The number of carbonyl (C=O) groups is 1. The summed E-state index contributed by atoms with van der Waals surface area (Å²) in [4.78, 5) is 10.6. The number of carboxylic acid groups (broad SMARTS) is 1. The predicted molar refractivity (Wildman–Crippen MR) is 42.4 cm³/mol. The third kappa shape index (κ3) is 3.98. The van der Waals surface area contributed by atoms with Crippen molar-refractivity contribution in [1.29, 1.82) is 0 Å². The second-order valence-corrected chi connectivity index (χ2v) is 3.37. The molecule has 11 heavy (non-hydrogen) atoms. The summed E-state index contributed by atoms with van der Waals surface area (Å²) in [7, 11) is 0. The number of rotatable bonds is 5. The van der Waals surface area contributed by atoms with Crippen LogP contribution >= 0.6 is 0 Å². The van der Waals surface area contributed by atoms with Crippen molar-refractivity contribution in [3.8, 4) is 0 Å². The lowest BCUT2D eigenvalue weighted by atomic mass is 9.87. The van der Waals surface area contributed by atoms with Crippen LogP contribution in [0.25, 0.3) is 0 Å². The van der Waals surface area contributed by atoms with Crippen LogP contribution in [-0.4, -0.2) is 22.8 Å². The van der Waals surface area contributed by atoms with E-state index in [2.05, 4.69) is 0 Å². The maximum atomic E-state index is 10.6. The molecule has 0 heterocycles. The van der Waals surface area contributed by atoms with E-state index in [9.17, 15) is 4.79 Å². The van der Waals surface area contributed by atoms with Gasteiger partial charge in [-0.2, -0.15) is 0 Å². The molecule has 0 bridgehead atoms. The molecule has 0 aliphatic heterocycles. The molecule has 2 N–H and O–H groups in total. The van der Waals surface area contributed by atoms with Crippen LogP contribution in [0.2, 0.25) is 0 Å². The van der Waals surface area contributed by atoms with Crippen LogP contribution in [0.5, 0.6) is 0 Å². The minimum atomic E-state index is -0.768. The molecule has 0 aromatic carbocycles. The second-order valence-electron chi connectivity index (χ2n) is 3.37. The van der Waals surface area contributed by atoms with Gasteiger partial charge in [0.05, 0.1) is 5.41 Å². The fraction of sp³-hybridized carbons (Fsp3) is 0.875. The quantitative estimate of drug-likeness (QED) is 0.595. The highest BCUT2D eigenvalue weighted by Crippen LogP contribution is 2.22. The van der Waals surface area contributed by atoms with E-state index in [0.717, 1.165) is 6.42 Å². The van der Waals surface area contributed by atoms with E-state index in [1.54, 1.807) is 13.8 Å². The van der Waals surface area contributed by atoms with Crippen molar-refractivity contribution in [2.75, 3.05) is 6.61 Å². The van der Waals surface area contributed by atoms with Crippen LogP contribution in [0.3, 0.4) is 0 Å². The Hall–Kier alpha value is -0.570. The first-order chi connectivity index (χ1) is 5.00. The molecule has 0 aliphatic carbocycles. The molecule has 0 unspecified atom stereocenters. The van der Waals surface area contributed by atoms with Gasteiger partial charge in [-0.1, -0.05) is 6.42 Å². The molecule has 0 aliphatic rings. The fourth-order valence-corrected chi connectivity index (χ4v) is 0.786. The summed E-state index contributed by atoms with van der Waals surface area (Å²) in [5.41, 5.74) is -0.644. The molecule has 66 valence electrons. The number of aliphatic hydroxyl groups is 1. The van der Waals surface area contributed by atoms with E-state index in [1.165, 1.54) is 0 Å². The minimum absolute atomic E-state index is 0.149. The zero-order chi connectivity index (χ0) is 8.91. The third-order valence-electron chi connectivity index (χ3n) is 1.79. The van der Waals surface area contributed by atoms with Crippen LogP contribution in [0, 0.1) is 5.41 Å². The molecule has 0 fully saturated rings. The predicted octanol–water partition coefficient (Wildman–Crippen LogP) is 1.26. The molecule has 0 amide bonds. The normalized spacial score (nSPS) is 11.5. The lowest BCUT2D eigenvalue weighted by molar-refractivity contribution is -0.147. The van der Waals surface area contributed by atoms with Crippen molar-refractivity contribution in [2.45, 2.75) is 33.1 Å². The van der Waals surface area contributed by atoms with Crippen LogP contribution in [-0.2, 0) is 4.79 Å². The van der Waals surface area contributed by atoms with Gasteiger partial charge in [0, 0.05) is 6.61 Å². The van der Waals surface area contributed by atoms with Gasteiger partial charge in [0.25, 0.3) is 0 Å². The molecule has 0 radical (unpaired) electrons. The second kappa shape index (κ2) is 4.34. The molecule has 0 rings (SSSR count). The molecule has 0 atom stereocenters. The Balaban J connectivity index is 3.64. The lowest BCUT2D eigenvalue weighted by Gasteiger charge is -2.17. The molecule has 0 spiro atoms. The Bertz CT molecular complexity index is 129. The molecule has 0 saturated heterocycles. The van der Waals surface area contributed by atoms with Crippen molar-refractivity contribution in [3.63, 3.8) is 0 Å². The van der Waals surface area contributed by atoms with Crippen molar-refractivity contribution in [3.05, 3.63) is 0 Å². The van der Waals surface area contributed by atoms with Crippen molar-refractivity contribution in [1.82, 2.24) is 0 Å². The molecule has 0 aromatic rings. The highest BCUT2D eigenvalue weighted by molar-refractivity contribution is 5.73. The number of aliphatic carboxylic acids is 1. The Morgan fingerprint density at radius 3 is 2.27 bits per heavy atom. The van der Waals surface area contributed by atoms with E-state index in [0.29, 0.717) is 12.8 Å². The Morgan fingerprint density at radius 2 is 1.91 bits per heavy atom. The topological polar surface area (TPSA) is 57.5 Å². The highest BCUT2D eigenvalue weighted by atomic mass is 16.4. The van der Waals surface area contributed by atoms with E-state index in [4.69, 9.17) is 10.2 Å². The van der Waals surface area contributed by atoms with Gasteiger partial charge in [-0.3, -0.25) is 4.79 Å². The minimum Gasteiger partial charge on any atom is -0.481 e. The Labute approximate surface area is 67.0 Å². The molecule has 3 heteroatoms. The molecule has 3 nitrogen and oxygen atoms in total. The van der Waals surface area contributed by atoms with Crippen molar-refractivity contribution in [2.24, 2.45) is 5.41 Å². The summed E-state index contributed by atoms with van der Waals surface area (Å²) < 4.78 is 0. The van der Waals surface area contributed by atoms with Gasteiger partial charge in [0.2, 0.25) is 0 Å². The molecule has 0 aromatic heterocycles. The maximum Gasteiger partial charge on any atom is 0.309 e. The van der Waals surface area contributed by atoms with Crippen molar-refractivity contribution < 1.29 is 15.0 Å². The molecular weight excluding hydrogens is 144 g/mol. The SMILES string of the molecule is CC(C)(CCCCO)C(=O)O. The number of carboxylic acids is 1. The third-order valence-corrected chi connectivity index (χ3v) is 1.79. The first-order valence-corrected chi connectivity index (χ1v) is 3.85. The summed E-state index contributed by atoms with van der Waals surface area (Å²) in [6, 6.07) is 0. The fourth-order valence-electron chi connectivity index (χ4n) is 0.786. The number of aliphatic hydroxyl groups excluding tert-OH is 1. The van der Waals surface area contributed by atoms with Gasteiger partial charge in [0.1, 0.15) is 0 Å². The first kappa shape index (κ1) is 10.4. The van der Waals surface area contributed by atoms with E-state index >= 15 is 0 Å². The summed E-state index contributed by atoms with van der Waals surface area (Å²) in [6.07, 6.45) is 2.09. The van der Waals surface area contributed by atoms with Gasteiger partial charge in [0.15, 0.2) is 0 Å². The van der Waals surface area contributed by atoms with E-state index in [-0.39, 0.29) is 6.61 Å². The van der Waals surface area contributed by atoms with Crippen molar-refractivity contribution >= 4 is 5.97 Å². The van der Waals surface area contributed by atoms with E-state index < -0.39 is 11.4 Å². The van der Waals surface area contributed by atoms with Crippen LogP contribution in [0.1, 0.15) is 33.1 Å². The van der Waals surface area contributed by atoms with Gasteiger partial charge in [-0.15, -0.1) is 0 Å². The van der Waals surface area contributed by atoms with Crippen LogP contribution < -0.4 is 0 Å². The van der Waals surface area contributed by atoms with Gasteiger partial charge >= 0.3 is 5.97 Å². The number of hydrogen-bond acceptors (Lipinski definition) is 2. The summed E-state index contributed by atoms with van der Waals surface area (Å²) in [5.74, 6) is -0.768. The first-order valence-electron chi connectivity index (χ1n) is 3.85. The van der Waals surface area contributed by atoms with Gasteiger partial charge in [-0.25, -0.2) is 0 Å². The largest absolute Gasteiger partial charge is 0.481 e.